The van der Waals surface area contributed by atoms with Gasteiger partial charge in [-0.2, -0.15) is 0 Å². The highest BCUT2D eigenvalue weighted by molar-refractivity contribution is 6.34. The Hall–Kier alpha value is -0.970. The number of carbonyl (C=O) groups is 1. The molecule has 1 aliphatic heterocycles. The molecule has 1 heterocycles. The predicted molar refractivity (Wildman–Crippen MR) is 94.1 cm³/mol. The Balaban J connectivity index is 1.74. The van der Waals surface area contributed by atoms with E-state index in [4.69, 9.17) is 27.9 Å². The van der Waals surface area contributed by atoms with Crippen LogP contribution in [0.2, 0.25) is 10.0 Å². The van der Waals surface area contributed by atoms with Crippen molar-refractivity contribution in [3.63, 3.8) is 0 Å². The Morgan fingerprint density at radius 1 is 1.30 bits per heavy atom. The molecule has 1 amide bonds. The maximum atomic E-state index is 12.0. The number of nitrogens with one attached hydrogen (secondary N) is 1. The van der Waals surface area contributed by atoms with Gasteiger partial charge in [0.25, 0.3) is 0 Å². The van der Waals surface area contributed by atoms with Crippen LogP contribution in [0.3, 0.4) is 0 Å². The highest BCUT2D eigenvalue weighted by Crippen LogP contribution is 2.20. The molecule has 1 aromatic rings. The van der Waals surface area contributed by atoms with Gasteiger partial charge in [-0.05, 0) is 56.9 Å². The van der Waals surface area contributed by atoms with Crippen LogP contribution in [0.1, 0.15) is 32.8 Å². The first-order valence-electron chi connectivity index (χ1n) is 7.86. The van der Waals surface area contributed by atoms with E-state index in [0.717, 1.165) is 31.6 Å². The first-order valence-corrected chi connectivity index (χ1v) is 8.62. The highest BCUT2D eigenvalue weighted by Gasteiger charge is 2.29. The molecule has 1 aromatic carbocycles. The third kappa shape index (κ3) is 6.21. The number of hydrogen-bond donors (Lipinski definition) is 1. The van der Waals surface area contributed by atoms with Crippen LogP contribution in [-0.2, 0) is 11.3 Å². The Morgan fingerprint density at radius 2 is 1.96 bits per heavy atom. The van der Waals surface area contributed by atoms with Crippen LogP contribution in [0.15, 0.2) is 18.2 Å². The number of likely N-dealkylation sites (tertiary alicyclic amines) is 1. The molecule has 1 aliphatic rings. The molecule has 0 radical (unpaired) electrons. The fourth-order valence-corrected chi connectivity index (χ4v) is 3.20. The zero-order valence-electron chi connectivity index (χ0n) is 13.9. The van der Waals surface area contributed by atoms with Crippen LogP contribution >= 0.6 is 23.2 Å². The predicted octanol–water partition coefficient (Wildman–Crippen LogP) is 4.34. The van der Waals surface area contributed by atoms with Crippen molar-refractivity contribution in [1.29, 1.82) is 0 Å². The van der Waals surface area contributed by atoms with E-state index in [0.29, 0.717) is 22.5 Å². The van der Waals surface area contributed by atoms with E-state index in [1.807, 2.05) is 32.9 Å². The maximum Gasteiger partial charge on any atom is 0.410 e. The highest BCUT2D eigenvalue weighted by atomic mass is 35.5. The van der Waals surface area contributed by atoms with E-state index in [1.165, 1.54) is 0 Å². The van der Waals surface area contributed by atoms with Crippen LogP contribution < -0.4 is 5.32 Å². The summed E-state index contributed by atoms with van der Waals surface area (Å²) in [6.45, 7) is 8.71. The largest absolute Gasteiger partial charge is 0.444 e. The normalized spacial score (nSPS) is 18.3. The number of benzene rings is 1. The van der Waals surface area contributed by atoms with Gasteiger partial charge in [0.15, 0.2) is 0 Å². The van der Waals surface area contributed by atoms with Crippen LogP contribution in [-0.4, -0.2) is 36.2 Å². The smallest absolute Gasteiger partial charge is 0.410 e. The standard InChI is InChI=1S/C17H24Cl2N2O2/c1-17(2,3)23-16(22)21-5-4-12(11-21)9-20-10-13-6-14(18)8-15(19)7-13/h6-8,12,20H,4-5,9-11H2,1-3H3/t12-/m0/s1. The van der Waals surface area contributed by atoms with Crippen molar-refractivity contribution in [1.82, 2.24) is 10.2 Å². The first-order chi connectivity index (χ1) is 10.7. The second-order valence-electron chi connectivity index (χ2n) is 6.99. The third-order valence-electron chi connectivity index (χ3n) is 3.62. The topological polar surface area (TPSA) is 41.6 Å². The molecule has 0 aliphatic carbocycles. The molecule has 1 N–H and O–H groups in total. The van der Waals surface area contributed by atoms with E-state index in [2.05, 4.69) is 5.32 Å². The van der Waals surface area contributed by atoms with E-state index in [-0.39, 0.29) is 6.09 Å². The number of amides is 1. The summed E-state index contributed by atoms with van der Waals surface area (Å²) < 4.78 is 5.41. The second-order valence-corrected chi connectivity index (χ2v) is 7.86. The lowest BCUT2D eigenvalue weighted by molar-refractivity contribution is 0.0288. The fourth-order valence-electron chi connectivity index (χ4n) is 2.63. The molecule has 1 atom stereocenters. The zero-order chi connectivity index (χ0) is 17.0. The molecule has 0 bridgehead atoms. The van der Waals surface area contributed by atoms with Gasteiger partial charge < -0.3 is 15.0 Å². The van der Waals surface area contributed by atoms with Crippen molar-refractivity contribution in [2.75, 3.05) is 19.6 Å². The summed E-state index contributed by atoms with van der Waals surface area (Å²) in [5, 5.41) is 4.70. The minimum Gasteiger partial charge on any atom is -0.444 e. The van der Waals surface area contributed by atoms with Gasteiger partial charge in [0.2, 0.25) is 0 Å². The monoisotopic (exact) mass is 358 g/mol. The van der Waals surface area contributed by atoms with Gasteiger partial charge in [0.05, 0.1) is 0 Å². The lowest BCUT2D eigenvalue weighted by Crippen LogP contribution is -2.36. The minimum absolute atomic E-state index is 0.221. The van der Waals surface area contributed by atoms with Gasteiger partial charge in [-0.15, -0.1) is 0 Å². The number of halogens is 2. The molecule has 23 heavy (non-hydrogen) atoms. The molecule has 0 unspecified atom stereocenters. The van der Waals surface area contributed by atoms with Gasteiger partial charge in [0.1, 0.15) is 5.60 Å². The molecule has 128 valence electrons. The van der Waals surface area contributed by atoms with Gasteiger partial charge in [-0.25, -0.2) is 4.79 Å². The molecular formula is C17H24Cl2N2O2. The van der Waals surface area contributed by atoms with E-state index in [1.54, 1.807) is 11.0 Å². The van der Waals surface area contributed by atoms with Gasteiger partial charge in [-0.1, -0.05) is 23.2 Å². The number of carbonyl (C=O) groups excluding carboxylic acids is 1. The van der Waals surface area contributed by atoms with Crippen LogP contribution in [0.25, 0.3) is 0 Å². The number of nitrogens with zero attached hydrogens (tertiary/aromatic N) is 1. The number of rotatable bonds is 4. The Bertz CT molecular complexity index is 538. The number of hydrogen-bond acceptors (Lipinski definition) is 3. The Labute approximate surface area is 148 Å². The quantitative estimate of drug-likeness (QED) is 0.870. The van der Waals surface area contributed by atoms with Gasteiger partial charge >= 0.3 is 6.09 Å². The second kappa shape index (κ2) is 7.73. The van der Waals surface area contributed by atoms with Crippen LogP contribution in [0.4, 0.5) is 4.79 Å². The van der Waals surface area contributed by atoms with Gasteiger partial charge in [0, 0.05) is 36.2 Å². The van der Waals surface area contributed by atoms with E-state index in [9.17, 15) is 4.79 Å². The number of ether oxygens (including phenoxy) is 1. The van der Waals surface area contributed by atoms with Crippen molar-refractivity contribution >= 4 is 29.3 Å². The van der Waals surface area contributed by atoms with Crippen molar-refractivity contribution < 1.29 is 9.53 Å². The molecule has 2 rings (SSSR count). The summed E-state index contributed by atoms with van der Waals surface area (Å²) in [6, 6.07) is 5.53. The van der Waals surface area contributed by atoms with Gasteiger partial charge in [-0.3, -0.25) is 0 Å². The summed E-state index contributed by atoms with van der Waals surface area (Å²) in [7, 11) is 0. The molecule has 0 aromatic heterocycles. The van der Waals surface area contributed by atoms with E-state index >= 15 is 0 Å². The van der Waals surface area contributed by atoms with Crippen molar-refractivity contribution in [3.8, 4) is 0 Å². The lowest BCUT2D eigenvalue weighted by Gasteiger charge is -2.24. The van der Waals surface area contributed by atoms with Crippen molar-refractivity contribution in [3.05, 3.63) is 33.8 Å². The third-order valence-corrected chi connectivity index (χ3v) is 4.06. The summed E-state index contributed by atoms with van der Waals surface area (Å²) >= 11 is 12.0. The summed E-state index contributed by atoms with van der Waals surface area (Å²) in [6.07, 6.45) is 0.768. The lowest BCUT2D eigenvalue weighted by atomic mass is 10.1. The molecular weight excluding hydrogens is 335 g/mol. The SMILES string of the molecule is CC(C)(C)OC(=O)N1CC[C@@H](CNCc2cc(Cl)cc(Cl)c2)C1. The van der Waals surface area contributed by atoms with Crippen LogP contribution in [0.5, 0.6) is 0 Å². The summed E-state index contributed by atoms with van der Waals surface area (Å²) in [4.78, 5) is 13.8. The summed E-state index contributed by atoms with van der Waals surface area (Å²) in [5.74, 6) is 0.442. The molecule has 0 spiro atoms. The molecule has 6 heteroatoms. The average molecular weight is 359 g/mol. The summed E-state index contributed by atoms with van der Waals surface area (Å²) in [5.41, 5.74) is 0.615. The Kier molecular flexibility index (Phi) is 6.18. The minimum atomic E-state index is -0.445. The van der Waals surface area contributed by atoms with Crippen LogP contribution in [0, 0.1) is 5.92 Å². The molecule has 1 saturated heterocycles. The van der Waals surface area contributed by atoms with Crippen molar-refractivity contribution in [2.24, 2.45) is 5.92 Å². The fraction of sp³-hybridized carbons (Fsp3) is 0.588. The maximum absolute atomic E-state index is 12.0. The zero-order valence-corrected chi connectivity index (χ0v) is 15.4. The molecule has 4 nitrogen and oxygen atoms in total. The van der Waals surface area contributed by atoms with Crippen molar-refractivity contribution in [2.45, 2.75) is 39.3 Å². The average Bonchev–Trinajstić information content (AvgIpc) is 2.84. The Morgan fingerprint density at radius 3 is 2.57 bits per heavy atom. The van der Waals surface area contributed by atoms with E-state index < -0.39 is 5.60 Å². The molecule has 0 saturated carbocycles. The molecule has 1 fully saturated rings. The first kappa shape index (κ1) is 18.4.